The van der Waals surface area contributed by atoms with E-state index < -0.39 is 5.60 Å². The number of fused-ring (bicyclic) bond motifs is 1. The molecule has 0 radical (unpaired) electrons. The Balaban J connectivity index is 1.93. The van der Waals surface area contributed by atoms with Crippen LogP contribution in [0.15, 0.2) is 0 Å². The highest BCUT2D eigenvalue weighted by atomic mass is 16.6. The van der Waals surface area contributed by atoms with Gasteiger partial charge in [0.25, 0.3) is 0 Å². The van der Waals surface area contributed by atoms with Gasteiger partial charge in [-0.2, -0.15) is 0 Å². The molecule has 116 valence electrons. The van der Waals surface area contributed by atoms with Gasteiger partial charge >= 0.3 is 5.97 Å². The fourth-order valence-electron chi connectivity index (χ4n) is 3.38. The number of aliphatic hydroxyl groups excluding tert-OH is 1. The maximum Gasteiger partial charge on any atom is 0.305 e. The molecule has 0 saturated carbocycles. The number of carbonyl (C=O) groups is 1. The zero-order chi connectivity index (χ0) is 14.6. The molecule has 5 nitrogen and oxygen atoms in total. The first kappa shape index (κ1) is 15.7. The Morgan fingerprint density at radius 2 is 2.15 bits per heavy atom. The van der Waals surface area contributed by atoms with Gasteiger partial charge in [-0.1, -0.05) is 13.3 Å². The van der Waals surface area contributed by atoms with Crippen LogP contribution >= 0.6 is 0 Å². The summed E-state index contributed by atoms with van der Waals surface area (Å²) in [4.78, 5) is 11.2. The van der Waals surface area contributed by atoms with Gasteiger partial charge in [-0.25, -0.2) is 0 Å². The smallest absolute Gasteiger partial charge is 0.305 e. The quantitative estimate of drug-likeness (QED) is 0.754. The third-order valence-corrected chi connectivity index (χ3v) is 4.45. The maximum atomic E-state index is 11.2. The van der Waals surface area contributed by atoms with Crippen LogP contribution in [0.2, 0.25) is 0 Å². The fourth-order valence-corrected chi connectivity index (χ4v) is 3.38. The third-order valence-electron chi connectivity index (χ3n) is 4.45. The van der Waals surface area contributed by atoms with E-state index in [1.54, 1.807) is 0 Å². The van der Waals surface area contributed by atoms with Gasteiger partial charge in [0.05, 0.1) is 32.0 Å². The number of ether oxygens (including phenoxy) is 3. The molecule has 2 aliphatic rings. The predicted octanol–water partition coefficient (Wildman–Crippen LogP) is 1.81. The van der Waals surface area contributed by atoms with Crippen molar-refractivity contribution in [2.24, 2.45) is 0 Å². The summed E-state index contributed by atoms with van der Waals surface area (Å²) in [5.74, 6) is -0.216. The lowest BCUT2D eigenvalue weighted by atomic mass is 9.86. The molecular weight excluding hydrogens is 260 g/mol. The van der Waals surface area contributed by atoms with Crippen molar-refractivity contribution in [2.45, 2.75) is 75.8 Å². The molecule has 2 aliphatic heterocycles. The Bertz CT molecular complexity index is 332. The van der Waals surface area contributed by atoms with Gasteiger partial charge < -0.3 is 19.3 Å². The molecule has 0 aromatic rings. The van der Waals surface area contributed by atoms with E-state index in [1.807, 2.05) is 0 Å². The molecule has 2 rings (SSSR count). The Kier molecular flexibility index (Phi) is 5.41. The minimum Gasteiger partial charge on any atom is -0.469 e. The van der Waals surface area contributed by atoms with Crippen molar-refractivity contribution < 1.29 is 24.1 Å². The summed E-state index contributed by atoms with van der Waals surface area (Å²) in [5.41, 5.74) is -0.557. The minimum absolute atomic E-state index is 0.00734. The number of esters is 1. The van der Waals surface area contributed by atoms with Crippen LogP contribution in [0.25, 0.3) is 0 Å². The summed E-state index contributed by atoms with van der Waals surface area (Å²) >= 11 is 0. The standard InChI is InChI=1S/C15H26O5/c1-3-4-11-5-7-13-15(10-16,20-11)9-12(19-13)6-8-14(17)18-2/h11-13,16H,3-10H2,1-2H3/t11?,12-,13-,15?/m0/s1. The van der Waals surface area contributed by atoms with Crippen molar-refractivity contribution >= 4 is 5.97 Å². The van der Waals surface area contributed by atoms with Crippen molar-refractivity contribution in [3.63, 3.8) is 0 Å². The Labute approximate surface area is 120 Å². The first-order valence-corrected chi connectivity index (χ1v) is 7.64. The molecule has 2 heterocycles. The lowest BCUT2D eigenvalue weighted by Gasteiger charge is -2.40. The van der Waals surface area contributed by atoms with Gasteiger partial charge in [0.15, 0.2) is 0 Å². The van der Waals surface area contributed by atoms with E-state index in [1.165, 1.54) is 7.11 Å². The Morgan fingerprint density at radius 1 is 1.35 bits per heavy atom. The largest absolute Gasteiger partial charge is 0.469 e. The summed E-state index contributed by atoms with van der Waals surface area (Å²) in [7, 11) is 1.39. The molecular formula is C15H26O5. The highest BCUT2D eigenvalue weighted by Crippen LogP contribution is 2.43. The monoisotopic (exact) mass is 286 g/mol. The molecule has 2 unspecified atom stereocenters. The van der Waals surface area contributed by atoms with E-state index in [2.05, 4.69) is 11.7 Å². The van der Waals surface area contributed by atoms with Crippen LogP contribution in [-0.4, -0.2) is 48.7 Å². The average molecular weight is 286 g/mol. The van der Waals surface area contributed by atoms with Crippen LogP contribution in [0.3, 0.4) is 0 Å². The highest BCUT2D eigenvalue weighted by Gasteiger charge is 2.52. The van der Waals surface area contributed by atoms with Crippen LogP contribution in [0.1, 0.15) is 51.9 Å². The van der Waals surface area contributed by atoms with Crippen LogP contribution in [-0.2, 0) is 19.0 Å². The van der Waals surface area contributed by atoms with Crippen molar-refractivity contribution in [3.8, 4) is 0 Å². The number of carbonyl (C=O) groups excluding carboxylic acids is 1. The third kappa shape index (κ3) is 3.32. The lowest BCUT2D eigenvalue weighted by Crippen LogP contribution is -2.51. The van der Waals surface area contributed by atoms with Crippen molar-refractivity contribution in [3.05, 3.63) is 0 Å². The van der Waals surface area contributed by atoms with E-state index >= 15 is 0 Å². The molecule has 0 aromatic carbocycles. The van der Waals surface area contributed by atoms with E-state index in [9.17, 15) is 9.90 Å². The summed E-state index contributed by atoms with van der Waals surface area (Å²) < 4.78 is 16.8. The number of hydrogen-bond donors (Lipinski definition) is 1. The molecule has 4 atom stereocenters. The summed E-state index contributed by atoms with van der Waals surface area (Å²) in [6, 6.07) is 0. The normalized spacial score (nSPS) is 36.6. The minimum atomic E-state index is -0.557. The van der Waals surface area contributed by atoms with Crippen molar-refractivity contribution in [1.29, 1.82) is 0 Å². The maximum absolute atomic E-state index is 11.2. The molecule has 5 heteroatoms. The molecule has 0 aromatic heterocycles. The fraction of sp³-hybridized carbons (Fsp3) is 0.933. The van der Waals surface area contributed by atoms with Crippen molar-refractivity contribution in [2.75, 3.05) is 13.7 Å². The number of hydrogen-bond acceptors (Lipinski definition) is 5. The van der Waals surface area contributed by atoms with Gasteiger partial charge in [-0.3, -0.25) is 4.79 Å². The average Bonchev–Trinajstić information content (AvgIpc) is 2.83. The van der Waals surface area contributed by atoms with Gasteiger partial charge in [-0.05, 0) is 25.7 Å². The number of methoxy groups -OCH3 is 1. The van der Waals surface area contributed by atoms with Crippen LogP contribution < -0.4 is 0 Å². The second kappa shape index (κ2) is 6.87. The zero-order valence-electron chi connectivity index (χ0n) is 12.5. The Morgan fingerprint density at radius 3 is 2.80 bits per heavy atom. The van der Waals surface area contributed by atoms with Crippen LogP contribution in [0.4, 0.5) is 0 Å². The van der Waals surface area contributed by atoms with Crippen LogP contribution in [0.5, 0.6) is 0 Å². The van der Waals surface area contributed by atoms with Gasteiger partial charge in [0.1, 0.15) is 5.60 Å². The van der Waals surface area contributed by atoms with Gasteiger partial charge in [0, 0.05) is 12.8 Å². The molecule has 20 heavy (non-hydrogen) atoms. The number of rotatable bonds is 6. The van der Waals surface area contributed by atoms with Crippen LogP contribution in [0, 0.1) is 0 Å². The molecule has 2 fully saturated rings. The first-order chi connectivity index (χ1) is 9.63. The molecule has 0 bridgehead atoms. The Hall–Kier alpha value is -0.650. The predicted molar refractivity (Wildman–Crippen MR) is 73.4 cm³/mol. The first-order valence-electron chi connectivity index (χ1n) is 7.64. The molecule has 2 saturated heterocycles. The highest BCUT2D eigenvalue weighted by molar-refractivity contribution is 5.69. The lowest BCUT2D eigenvalue weighted by molar-refractivity contribution is -0.183. The molecule has 0 aliphatic carbocycles. The van der Waals surface area contributed by atoms with Gasteiger partial charge in [0.2, 0.25) is 0 Å². The topological polar surface area (TPSA) is 65.0 Å². The van der Waals surface area contributed by atoms with E-state index in [0.29, 0.717) is 19.3 Å². The van der Waals surface area contributed by atoms with Gasteiger partial charge in [-0.15, -0.1) is 0 Å². The number of aliphatic hydroxyl groups is 1. The summed E-state index contributed by atoms with van der Waals surface area (Å²) in [6.45, 7) is 2.14. The second-order valence-electron chi connectivity index (χ2n) is 5.89. The van der Waals surface area contributed by atoms with Crippen molar-refractivity contribution in [1.82, 2.24) is 0 Å². The summed E-state index contributed by atoms with van der Waals surface area (Å²) in [6.07, 6.45) is 5.86. The zero-order valence-corrected chi connectivity index (χ0v) is 12.5. The SMILES string of the molecule is CCCC1CC[C@@H]2O[C@@H](CCC(=O)OC)CC2(CO)O1. The molecule has 0 amide bonds. The van der Waals surface area contributed by atoms with E-state index in [-0.39, 0.29) is 30.9 Å². The molecule has 1 N–H and O–H groups in total. The van der Waals surface area contributed by atoms with E-state index in [4.69, 9.17) is 9.47 Å². The van der Waals surface area contributed by atoms with E-state index in [0.717, 1.165) is 25.7 Å². The molecule has 0 spiro atoms. The summed E-state index contributed by atoms with van der Waals surface area (Å²) in [5, 5.41) is 9.78. The second-order valence-corrected chi connectivity index (χ2v) is 5.89.